The SMILES string of the molecule is Fc1ccc(Br)c(F)c1CN1CC2CCC1C2. The average molecular weight is 302 g/mol. The Morgan fingerprint density at radius 2 is 2.12 bits per heavy atom. The Labute approximate surface area is 108 Å². The summed E-state index contributed by atoms with van der Waals surface area (Å²) in [6.45, 7) is 1.40. The van der Waals surface area contributed by atoms with Crippen LogP contribution >= 0.6 is 15.9 Å². The predicted molar refractivity (Wildman–Crippen MR) is 65.6 cm³/mol. The van der Waals surface area contributed by atoms with Crippen LogP contribution in [0.1, 0.15) is 24.8 Å². The van der Waals surface area contributed by atoms with E-state index in [0.29, 0.717) is 17.1 Å². The molecule has 1 nitrogen and oxygen atoms in total. The summed E-state index contributed by atoms with van der Waals surface area (Å²) in [5.74, 6) is -0.139. The molecule has 2 bridgehead atoms. The Morgan fingerprint density at radius 1 is 1.29 bits per heavy atom. The van der Waals surface area contributed by atoms with Crippen LogP contribution < -0.4 is 0 Å². The minimum Gasteiger partial charge on any atom is -0.296 e. The fraction of sp³-hybridized carbons (Fsp3) is 0.538. The highest BCUT2D eigenvalue weighted by Crippen LogP contribution is 2.38. The van der Waals surface area contributed by atoms with Crippen molar-refractivity contribution >= 4 is 15.9 Å². The van der Waals surface area contributed by atoms with Crippen LogP contribution in [-0.2, 0) is 6.54 Å². The molecule has 2 fully saturated rings. The van der Waals surface area contributed by atoms with Gasteiger partial charge in [-0.15, -0.1) is 0 Å². The molecule has 0 radical (unpaired) electrons. The molecule has 1 saturated carbocycles. The Balaban J connectivity index is 1.83. The lowest BCUT2D eigenvalue weighted by atomic mass is 10.1. The quantitative estimate of drug-likeness (QED) is 0.753. The summed E-state index contributed by atoms with van der Waals surface area (Å²) in [6.07, 6.45) is 3.67. The van der Waals surface area contributed by atoms with Crippen LogP contribution in [0.15, 0.2) is 16.6 Å². The molecule has 1 aromatic rings. The van der Waals surface area contributed by atoms with Gasteiger partial charge in [-0.1, -0.05) is 0 Å². The first-order chi connectivity index (χ1) is 8.15. The molecule has 0 aromatic heterocycles. The number of halogens is 3. The summed E-state index contributed by atoms with van der Waals surface area (Å²) >= 11 is 3.11. The van der Waals surface area contributed by atoms with Crippen LogP contribution in [-0.4, -0.2) is 17.5 Å². The van der Waals surface area contributed by atoms with Crippen LogP contribution in [0.5, 0.6) is 0 Å². The van der Waals surface area contributed by atoms with Gasteiger partial charge in [-0.25, -0.2) is 8.78 Å². The minimum absolute atomic E-state index is 0.201. The summed E-state index contributed by atoms with van der Waals surface area (Å²) in [6, 6.07) is 3.29. The van der Waals surface area contributed by atoms with Crippen molar-refractivity contribution in [2.45, 2.75) is 31.8 Å². The molecule has 1 saturated heterocycles. The van der Waals surface area contributed by atoms with Gasteiger partial charge in [-0.05, 0) is 53.2 Å². The molecule has 3 rings (SSSR count). The van der Waals surface area contributed by atoms with E-state index in [1.54, 1.807) is 0 Å². The summed E-state index contributed by atoms with van der Waals surface area (Å²) in [7, 11) is 0. The van der Waals surface area contributed by atoms with E-state index in [-0.39, 0.29) is 5.56 Å². The number of nitrogens with zero attached hydrogens (tertiary/aromatic N) is 1. The first-order valence-corrected chi connectivity index (χ1v) is 6.81. The molecule has 4 heteroatoms. The lowest BCUT2D eigenvalue weighted by Gasteiger charge is -2.27. The molecular formula is C13H14BrF2N. The first-order valence-electron chi connectivity index (χ1n) is 6.01. The van der Waals surface area contributed by atoms with E-state index in [1.165, 1.54) is 31.4 Å². The highest BCUT2D eigenvalue weighted by Gasteiger charge is 2.38. The maximum atomic E-state index is 13.8. The molecule has 2 unspecified atom stereocenters. The predicted octanol–water partition coefficient (Wildman–Crippen LogP) is 3.71. The van der Waals surface area contributed by atoms with Crippen LogP contribution in [0.4, 0.5) is 8.78 Å². The maximum Gasteiger partial charge on any atom is 0.144 e. The molecule has 92 valence electrons. The zero-order valence-electron chi connectivity index (χ0n) is 9.43. The number of hydrogen-bond donors (Lipinski definition) is 0. The van der Waals surface area contributed by atoms with Gasteiger partial charge in [-0.3, -0.25) is 4.90 Å². The summed E-state index contributed by atoms with van der Waals surface area (Å²) in [4.78, 5) is 2.22. The molecule has 0 N–H and O–H groups in total. The smallest absolute Gasteiger partial charge is 0.144 e. The van der Waals surface area contributed by atoms with Crippen LogP contribution in [0.25, 0.3) is 0 Å². The van der Waals surface area contributed by atoms with Crippen molar-refractivity contribution in [3.05, 3.63) is 33.8 Å². The Bertz CT molecular complexity index is 449. The van der Waals surface area contributed by atoms with Gasteiger partial charge < -0.3 is 0 Å². The summed E-state index contributed by atoms with van der Waals surface area (Å²) in [5.41, 5.74) is 0.201. The van der Waals surface area contributed by atoms with Crippen molar-refractivity contribution in [3.8, 4) is 0 Å². The van der Waals surface area contributed by atoms with Crippen molar-refractivity contribution in [2.24, 2.45) is 5.92 Å². The normalized spacial score (nSPS) is 27.9. The van der Waals surface area contributed by atoms with Gasteiger partial charge in [0.1, 0.15) is 11.6 Å². The second-order valence-corrected chi connectivity index (χ2v) is 5.94. The number of rotatable bonds is 2. The molecule has 1 heterocycles. The highest BCUT2D eigenvalue weighted by molar-refractivity contribution is 9.10. The van der Waals surface area contributed by atoms with E-state index >= 15 is 0 Å². The fourth-order valence-corrected chi connectivity index (χ4v) is 3.51. The van der Waals surface area contributed by atoms with Crippen molar-refractivity contribution in [3.63, 3.8) is 0 Å². The minimum atomic E-state index is -0.451. The molecule has 17 heavy (non-hydrogen) atoms. The summed E-state index contributed by atoms with van der Waals surface area (Å²) < 4.78 is 27.8. The largest absolute Gasteiger partial charge is 0.296 e. The second kappa shape index (κ2) is 4.32. The number of fused-ring (bicyclic) bond motifs is 2. The second-order valence-electron chi connectivity index (χ2n) is 5.08. The van der Waals surface area contributed by atoms with Gasteiger partial charge in [-0.2, -0.15) is 0 Å². The van der Waals surface area contributed by atoms with Gasteiger partial charge in [0, 0.05) is 24.7 Å². The molecule has 0 spiro atoms. The van der Waals surface area contributed by atoms with Crippen LogP contribution in [0.3, 0.4) is 0 Å². The van der Waals surface area contributed by atoms with E-state index in [9.17, 15) is 8.78 Å². The van der Waals surface area contributed by atoms with Crippen LogP contribution in [0.2, 0.25) is 0 Å². The number of likely N-dealkylation sites (tertiary alicyclic amines) is 1. The Morgan fingerprint density at radius 3 is 2.76 bits per heavy atom. The third kappa shape index (κ3) is 2.02. The van der Waals surface area contributed by atoms with E-state index in [0.717, 1.165) is 12.5 Å². The van der Waals surface area contributed by atoms with Crippen molar-refractivity contribution in [2.75, 3.05) is 6.54 Å². The molecular weight excluding hydrogens is 288 g/mol. The fourth-order valence-electron chi connectivity index (χ4n) is 3.14. The third-order valence-corrected chi connectivity index (χ3v) is 4.64. The van der Waals surface area contributed by atoms with E-state index in [4.69, 9.17) is 0 Å². The van der Waals surface area contributed by atoms with E-state index in [2.05, 4.69) is 20.8 Å². The molecule has 1 aliphatic heterocycles. The standard InChI is InChI=1S/C13H14BrF2N/c14-11-3-4-12(15)10(13(11)16)7-17-6-8-1-2-9(17)5-8/h3-4,8-9H,1-2,5-7H2. The number of piperidine rings is 1. The van der Waals surface area contributed by atoms with Crippen molar-refractivity contribution < 1.29 is 8.78 Å². The maximum absolute atomic E-state index is 13.8. The molecule has 2 atom stereocenters. The lowest BCUT2D eigenvalue weighted by Crippen LogP contribution is -2.32. The molecule has 2 aliphatic rings. The lowest BCUT2D eigenvalue weighted by molar-refractivity contribution is 0.200. The van der Waals surface area contributed by atoms with Gasteiger partial charge in [0.2, 0.25) is 0 Å². The van der Waals surface area contributed by atoms with Gasteiger partial charge in [0.25, 0.3) is 0 Å². The number of benzene rings is 1. The van der Waals surface area contributed by atoms with Crippen molar-refractivity contribution in [1.29, 1.82) is 0 Å². The van der Waals surface area contributed by atoms with Gasteiger partial charge in [0.05, 0.1) is 4.47 Å². The van der Waals surface area contributed by atoms with Gasteiger partial charge >= 0.3 is 0 Å². The van der Waals surface area contributed by atoms with E-state index < -0.39 is 11.6 Å². The van der Waals surface area contributed by atoms with Gasteiger partial charge in [0.15, 0.2) is 0 Å². The molecule has 1 aromatic carbocycles. The highest BCUT2D eigenvalue weighted by atomic mass is 79.9. The Kier molecular flexibility index (Phi) is 2.95. The zero-order chi connectivity index (χ0) is 12.0. The van der Waals surface area contributed by atoms with Crippen LogP contribution in [0, 0.1) is 17.6 Å². The number of hydrogen-bond acceptors (Lipinski definition) is 1. The molecule has 1 aliphatic carbocycles. The zero-order valence-corrected chi connectivity index (χ0v) is 11.0. The first kappa shape index (κ1) is 11.6. The Hall–Kier alpha value is -0.480. The van der Waals surface area contributed by atoms with Crippen molar-refractivity contribution in [1.82, 2.24) is 4.90 Å². The van der Waals surface area contributed by atoms with E-state index in [1.807, 2.05) is 0 Å². The molecule has 0 amide bonds. The monoisotopic (exact) mass is 301 g/mol. The average Bonchev–Trinajstić information content (AvgIpc) is 2.91. The third-order valence-electron chi connectivity index (χ3n) is 4.02. The topological polar surface area (TPSA) is 3.24 Å². The summed E-state index contributed by atoms with van der Waals surface area (Å²) in [5, 5.41) is 0.